The first kappa shape index (κ1) is 24.1. The van der Waals surface area contributed by atoms with Crippen molar-refractivity contribution in [3.8, 4) is 17.2 Å². The Morgan fingerprint density at radius 3 is 2.28 bits per heavy atom. The molecule has 0 atom stereocenters. The Hall–Kier alpha value is -2.51. The average Bonchev–Trinajstić information content (AvgIpc) is 2.99. The normalized spacial score (nSPS) is 15.4. The smallest absolute Gasteiger partial charge is 0.265 e. The van der Waals surface area contributed by atoms with Gasteiger partial charge in [0, 0.05) is 7.05 Å². The fraction of sp³-hybridized carbons (Fsp3) is 0.360. The number of thioether (sulfide) groups is 1. The Bertz CT molecular complexity index is 1010. The standard InChI is InChI=1S/C25H29NO4S2/c1-6-28-21-15-17(16-22-23(27)26(5)24(31)32-22)7-12-20(21)30-14-13-29-19-10-8-18(9-11-19)25(2,3)4/h7-12,15-16H,6,13-14H2,1-5H3. The Balaban J connectivity index is 1.60. The highest BCUT2D eigenvalue weighted by atomic mass is 32.2. The Morgan fingerprint density at radius 1 is 1.00 bits per heavy atom. The summed E-state index contributed by atoms with van der Waals surface area (Å²) in [5.74, 6) is 1.99. The van der Waals surface area contributed by atoms with Crippen LogP contribution in [0.3, 0.4) is 0 Å². The van der Waals surface area contributed by atoms with Crippen LogP contribution in [0.25, 0.3) is 6.08 Å². The maximum absolute atomic E-state index is 12.2. The van der Waals surface area contributed by atoms with Crippen molar-refractivity contribution < 1.29 is 19.0 Å². The fourth-order valence-electron chi connectivity index (χ4n) is 3.06. The lowest BCUT2D eigenvalue weighted by atomic mass is 9.87. The van der Waals surface area contributed by atoms with Gasteiger partial charge in [0.05, 0.1) is 11.5 Å². The second kappa shape index (κ2) is 10.4. The summed E-state index contributed by atoms with van der Waals surface area (Å²) < 4.78 is 18.0. The largest absolute Gasteiger partial charge is 0.490 e. The van der Waals surface area contributed by atoms with Crippen LogP contribution in [-0.2, 0) is 10.2 Å². The Kier molecular flexibility index (Phi) is 7.85. The number of carbonyl (C=O) groups excluding carboxylic acids is 1. The average molecular weight is 472 g/mol. The van der Waals surface area contributed by atoms with Gasteiger partial charge < -0.3 is 14.2 Å². The molecule has 1 saturated heterocycles. The SMILES string of the molecule is CCOc1cc(C=C2SC(=S)N(C)C2=O)ccc1OCCOc1ccc(C(C)(C)C)cc1. The minimum Gasteiger partial charge on any atom is -0.490 e. The molecule has 32 heavy (non-hydrogen) atoms. The topological polar surface area (TPSA) is 48.0 Å². The molecule has 3 rings (SSSR count). The van der Waals surface area contributed by atoms with Gasteiger partial charge in [-0.25, -0.2) is 0 Å². The zero-order valence-corrected chi connectivity index (χ0v) is 20.8. The van der Waals surface area contributed by atoms with Gasteiger partial charge in [-0.05, 0) is 53.8 Å². The predicted molar refractivity (Wildman–Crippen MR) is 135 cm³/mol. The number of nitrogens with zero attached hydrogens (tertiary/aromatic N) is 1. The van der Waals surface area contributed by atoms with Crippen LogP contribution >= 0.6 is 24.0 Å². The molecule has 0 radical (unpaired) electrons. The van der Waals surface area contributed by atoms with E-state index >= 15 is 0 Å². The Labute approximate surface area is 199 Å². The summed E-state index contributed by atoms with van der Waals surface area (Å²) in [5, 5.41) is 0. The van der Waals surface area contributed by atoms with Crippen molar-refractivity contribution in [3.05, 3.63) is 58.5 Å². The highest BCUT2D eigenvalue weighted by molar-refractivity contribution is 8.26. The fourth-order valence-corrected chi connectivity index (χ4v) is 4.24. The zero-order chi connectivity index (χ0) is 23.3. The van der Waals surface area contributed by atoms with Gasteiger partial charge in [-0.1, -0.05) is 63.0 Å². The van der Waals surface area contributed by atoms with E-state index < -0.39 is 0 Å². The molecule has 170 valence electrons. The van der Waals surface area contributed by atoms with Gasteiger partial charge in [-0.2, -0.15) is 0 Å². The third kappa shape index (κ3) is 6.04. The maximum Gasteiger partial charge on any atom is 0.265 e. The molecule has 0 saturated carbocycles. The molecule has 7 heteroatoms. The quantitative estimate of drug-likeness (QED) is 0.281. The van der Waals surface area contributed by atoms with Crippen LogP contribution in [0.2, 0.25) is 0 Å². The molecule has 0 N–H and O–H groups in total. The van der Waals surface area contributed by atoms with Crippen molar-refractivity contribution in [2.75, 3.05) is 26.9 Å². The van der Waals surface area contributed by atoms with Crippen molar-refractivity contribution >= 4 is 40.3 Å². The molecule has 5 nitrogen and oxygen atoms in total. The maximum atomic E-state index is 12.2. The first-order valence-corrected chi connectivity index (χ1v) is 11.8. The van der Waals surface area contributed by atoms with Gasteiger partial charge in [0.1, 0.15) is 23.3 Å². The lowest BCUT2D eigenvalue weighted by Gasteiger charge is -2.19. The summed E-state index contributed by atoms with van der Waals surface area (Å²) in [4.78, 5) is 14.3. The van der Waals surface area contributed by atoms with Gasteiger partial charge in [-0.3, -0.25) is 9.69 Å². The molecule has 1 fully saturated rings. The summed E-state index contributed by atoms with van der Waals surface area (Å²) in [7, 11) is 1.68. The number of benzene rings is 2. The first-order valence-electron chi connectivity index (χ1n) is 10.5. The third-order valence-corrected chi connectivity index (χ3v) is 6.37. The molecule has 1 aliphatic rings. The minimum absolute atomic E-state index is 0.0917. The number of thiocarbonyl (C=S) groups is 1. The molecular weight excluding hydrogens is 442 g/mol. The summed E-state index contributed by atoms with van der Waals surface area (Å²) in [5.41, 5.74) is 2.24. The van der Waals surface area contributed by atoms with Crippen molar-refractivity contribution in [2.24, 2.45) is 0 Å². The molecule has 0 bridgehead atoms. The number of likely N-dealkylation sites (N-methyl/N-ethyl adjacent to an activating group) is 1. The second-order valence-electron chi connectivity index (χ2n) is 8.35. The third-order valence-electron chi connectivity index (χ3n) is 4.88. The van der Waals surface area contributed by atoms with E-state index in [4.69, 9.17) is 26.4 Å². The van der Waals surface area contributed by atoms with Crippen molar-refractivity contribution in [2.45, 2.75) is 33.1 Å². The van der Waals surface area contributed by atoms with Crippen LogP contribution in [0.1, 0.15) is 38.8 Å². The van der Waals surface area contributed by atoms with E-state index in [9.17, 15) is 4.79 Å². The molecule has 2 aromatic carbocycles. The van der Waals surface area contributed by atoms with Crippen molar-refractivity contribution in [1.82, 2.24) is 4.90 Å². The lowest BCUT2D eigenvalue weighted by Crippen LogP contribution is -2.22. The highest BCUT2D eigenvalue weighted by Crippen LogP contribution is 2.34. The molecule has 0 aliphatic carbocycles. The number of ether oxygens (including phenoxy) is 3. The molecule has 2 aromatic rings. The van der Waals surface area contributed by atoms with E-state index in [0.717, 1.165) is 11.3 Å². The van der Waals surface area contributed by atoms with Crippen LogP contribution in [0, 0.1) is 0 Å². The number of amides is 1. The molecule has 0 unspecified atom stereocenters. The van der Waals surface area contributed by atoms with Gasteiger partial charge in [0.25, 0.3) is 5.91 Å². The van der Waals surface area contributed by atoms with Crippen LogP contribution in [-0.4, -0.2) is 42.0 Å². The van der Waals surface area contributed by atoms with Crippen LogP contribution in [0.4, 0.5) is 0 Å². The molecule has 1 aliphatic heterocycles. The molecule has 1 heterocycles. The number of hydrogen-bond acceptors (Lipinski definition) is 6. The number of rotatable bonds is 8. The van der Waals surface area contributed by atoms with Gasteiger partial charge in [0.2, 0.25) is 0 Å². The van der Waals surface area contributed by atoms with Crippen LogP contribution in [0.5, 0.6) is 17.2 Å². The lowest BCUT2D eigenvalue weighted by molar-refractivity contribution is -0.121. The molecule has 0 spiro atoms. The van der Waals surface area contributed by atoms with Crippen LogP contribution in [0.15, 0.2) is 47.4 Å². The molecular formula is C25H29NO4S2. The summed E-state index contributed by atoms with van der Waals surface area (Å²) >= 11 is 6.49. The van der Waals surface area contributed by atoms with E-state index in [2.05, 4.69) is 32.9 Å². The zero-order valence-electron chi connectivity index (χ0n) is 19.1. The summed E-state index contributed by atoms with van der Waals surface area (Å²) in [6.07, 6.45) is 1.82. The van der Waals surface area contributed by atoms with Gasteiger partial charge in [-0.15, -0.1) is 0 Å². The monoisotopic (exact) mass is 471 g/mol. The van der Waals surface area contributed by atoms with Gasteiger partial charge >= 0.3 is 0 Å². The first-order chi connectivity index (χ1) is 15.2. The van der Waals surface area contributed by atoms with Crippen molar-refractivity contribution in [1.29, 1.82) is 0 Å². The highest BCUT2D eigenvalue weighted by Gasteiger charge is 2.28. The van der Waals surface area contributed by atoms with Gasteiger partial charge in [0.15, 0.2) is 11.5 Å². The minimum atomic E-state index is -0.0917. The molecule has 1 amide bonds. The predicted octanol–water partition coefficient (Wildman–Crippen LogP) is 5.67. The second-order valence-corrected chi connectivity index (χ2v) is 10.0. The Morgan fingerprint density at radius 2 is 1.69 bits per heavy atom. The number of hydrogen-bond donors (Lipinski definition) is 0. The van der Waals surface area contributed by atoms with E-state index in [1.54, 1.807) is 7.05 Å². The summed E-state index contributed by atoms with van der Waals surface area (Å²) in [6, 6.07) is 13.8. The molecule has 0 aromatic heterocycles. The van der Waals surface area contributed by atoms with E-state index in [-0.39, 0.29) is 11.3 Å². The van der Waals surface area contributed by atoms with E-state index in [0.29, 0.717) is 40.5 Å². The van der Waals surface area contributed by atoms with Crippen molar-refractivity contribution in [3.63, 3.8) is 0 Å². The van der Waals surface area contributed by atoms with Crippen LogP contribution < -0.4 is 14.2 Å². The van der Waals surface area contributed by atoms with E-state index in [1.807, 2.05) is 43.3 Å². The number of carbonyl (C=O) groups is 1. The summed E-state index contributed by atoms with van der Waals surface area (Å²) in [6.45, 7) is 9.79. The van der Waals surface area contributed by atoms with E-state index in [1.165, 1.54) is 22.2 Å².